The van der Waals surface area contributed by atoms with Crippen LogP contribution in [0.5, 0.6) is 0 Å². The molecular formula is C56H34N4O. The molecule has 0 bridgehead atoms. The summed E-state index contributed by atoms with van der Waals surface area (Å²) < 4.78 is 11.4. The molecule has 13 aromatic rings. The molecule has 4 aromatic heterocycles. The third-order valence-corrected chi connectivity index (χ3v) is 12.3. The average Bonchev–Trinajstić information content (AvgIpc) is 3.98. The van der Waals surface area contributed by atoms with Crippen molar-refractivity contribution in [3.05, 3.63) is 206 Å². The summed E-state index contributed by atoms with van der Waals surface area (Å²) in [7, 11) is 0. The third-order valence-electron chi connectivity index (χ3n) is 12.3. The smallest absolute Gasteiger partial charge is 0.161 e. The van der Waals surface area contributed by atoms with Crippen LogP contribution in [0.1, 0.15) is 0 Å². The molecule has 0 spiro atoms. The first kappa shape index (κ1) is 33.7. The van der Waals surface area contributed by atoms with Gasteiger partial charge in [0.25, 0.3) is 0 Å². The normalized spacial score (nSPS) is 11.9. The van der Waals surface area contributed by atoms with E-state index >= 15 is 0 Å². The molecule has 0 atom stereocenters. The Bertz CT molecular complexity index is 3860. The molecule has 0 saturated carbocycles. The van der Waals surface area contributed by atoms with Crippen molar-refractivity contribution in [2.75, 3.05) is 0 Å². The van der Waals surface area contributed by atoms with Crippen LogP contribution >= 0.6 is 0 Å². The Labute approximate surface area is 350 Å². The van der Waals surface area contributed by atoms with Gasteiger partial charge in [-0.2, -0.15) is 0 Å². The minimum atomic E-state index is 0.672. The maximum Gasteiger partial charge on any atom is 0.161 e. The Morgan fingerprint density at radius 1 is 0.344 bits per heavy atom. The van der Waals surface area contributed by atoms with E-state index in [1.165, 1.54) is 38.1 Å². The lowest BCUT2D eigenvalue weighted by molar-refractivity contribution is 0.669. The molecule has 0 radical (unpaired) electrons. The maximum atomic E-state index is 6.54. The van der Waals surface area contributed by atoms with Crippen LogP contribution in [0.15, 0.2) is 211 Å². The molecule has 284 valence electrons. The highest BCUT2D eigenvalue weighted by atomic mass is 16.3. The van der Waals surface area contributed by atoms with E-state index in [1.54, 1.807) is 0 Å². The summed E-state index contributed by atoms with van der Waals surface area (Å²) in [5, 5.41) is 7.92. The van der Waals surface area contributed by atoms with Gasteiger partial charge in [0, 0.05) is 60.2 Å². The van der Waals surface area contributed by atoms with Crippen LogP contribution in [0.2, 0.25) is 0 Å². The summed E-state index contributed by atoms with van der Waals surface area (Å²) in [6.07, 6.45) is 0. The standard InChI is InChI=1S/C56H34N4O/c1-4-15-35(16-5-1)55-41-22-10-12-24-47(41)57-56(58-55)42-23-14-26-53-54(42)46-32-37(28-30-52(46)61-53)36-27-29-49-43(31-36)45-34-50-44(33-51(45)60(49)39-19-8-3-9-20-39)40-21-11-13-25-48(40)59(50)38-17-6-2-7-18-38/h1-34H. The summed E-state index contributed by atoms with van der Waals surface area (Å²) in [6, 6.07) is 73.2. The highest BCUT2D eigenvalue weighted by molar-refractivity contribution is 6.20. The van der Waals surface area contributed by atoms with Crippen LogP contribution in [0.4, 0.5) is 0 Å². The lowest BCUT2D eigenvalue weighted by Crippen LogP contribution is -1.95. The summed E-state index contributed by atoms with van der Waals surface area (Å²) in [6.45, 7) is 0. The molecule has 0 aliphatic rings. The first-order chi connectivity index (χ1) is 30.2. The van der Waals surface area contributed by atoms with Crippen molar-refractivity contribution in [1.82, 2.24) is 19.1 Å². The van der Waals surface area contributed by atoms with Crippen LogP contribution in [0.3, 0.4) is 0 Å². The van der Waals surface area contributed by atoms with E-state index < -0.39 is 0 Å². The summed E-state index contributed by atoms with van der Waals surface area (Å²) in [4.78, 5) is 10.4. The fourth-order valence-electron chi connectivity index (χ4n) is 9.58. The van der Waals surface area contributed by atoms with E-state index in [0.717, 1.165) is 77.7 Å². The molecule has 0 unspecified atom stereocenters. The van der Waals surface area contributed by atoms with Gasteiger partial charge in [0.1, 0.15) is 11.2 Å². The SMILES string of the molecule is c1ccc(-c2nc(-c3cccc4oc5ccc(-c6ccc7c(c6)c6cc8c(cc6n7-c6ccccc6)c6ccccc6n8-c6ccccc6)cc5c34)nc3ccccc23)cc1. The van der Waals surface area contributed by atoms with Crippen LogP contribution in [-0.4, -0.2) is 19.1 Å². The number of hydrogen-bond donors (Lipinski definition) is 0. The van der Waals surface area contributed by atoms with E-state index in [-0.39, 0.29) is 0 Å². The van der Waals surface area contributed by atoms with Gasteiger partial charge in [-0.05, 0) is 90.0 Å². The van der Waals surface area contributed by atoms with Crippen molar-refractivity contribution in [3.63, 3.8) is 0 Å². The first-order valence-corrected chi connectivity index (χ1v) is 20.7. The van der Waals surface area contributed by atoms with Gasteiger partial charge in [0.05, 0.1) is 33.3 Å². The van der Waals surface area contributed by atoms with E-state index in [4.69, 9.17) is 14.4 Å². The molecule has 5 nitrogen and oxygen atoms in total. The summed E-state index contributed by atoms with van der Waals surface area (Å²) >= 11 is 0. The quantitative estimate of drug-likeness (QED) is 0.175. The molecule has 13 rings (SSSR count). The second-order valence-electron chi connectivity index (χ2n) is 15.7. The van der Waals surface area contributed by atoms with Gasteiger partial charge in [-0.3, -0.25) is 0 Å². The minimum absolute atomic E-state index is 0.672. The van der Waals surface area contributed by atoms with Gasteiger partial charge in [0.15, 0.2) is 5.82 Å². The van der Waals surface area contributed by atoms with E-state index in [2.05, 4.69) is 185 Å². The van der Waals surface area contributed by atoms with Crippen molar-refractivity contribution in [3.8, 4) is 45.1 Å². The lowest BCUT2D eigenvalue weighted by atomic mass is 9.98. The summed E-state index contributed by atoms with van der Waals surface area (Å²) in [5.74, 6) is 0.672. The highest BCUT2D eigenvalue weighted by Gasteiger charge is 2.21. The zero-order valence-corrected chi connectivity index (χ0v) is 32.8. The van der Waals surface area contributed by atoms with Crippen LogP contribution in [0.25, 0.3) is 122 Å². The minimum Gasteiger partial charge on any atom is -0.456 e. The number of rotatable bonds is 5. The van der Waals surface area contributed by atoms with Gasteiger partial charge in [0.2, 0.25) is 0 Å². The van der Waals surface area contributed by atoms with Crippen molar-refractivity contribution >= 4 is 76.5 Å². The number of para-hydroxylation sites is 4. The molecule has 0 N–H and O–H groups in total. The molecule has 0 aliphatic heterocycles. The van der Waals surface area contributed by atoms with Crippen molar-refractivity contribution in [2.24, 2.45) is 0 Å². The van der Waals surface area contributed by atoms with E-state index in [0.29, 0.717) is 5.82 Å². The predicted octanol–water partition coefficient (Wildman–Crippen LogP) is 14.7. The molecule has 0 saturated heterocycles. The van der Waals surface area contributed by atoms with E-state index in [1.807, 2.05) is 30.3 Å². The molecule has 0 aliphatic carbocycles. The van der Waals surface area contributed by atoms with Gasteiger partial charge < -0.3 is 13.6 Å². The van der Waals surface area contributed by atoms with Crippen molar-refractivity contribution in [2.45, 2.75) is 0 Å². The van der Waals surface area contributed by atoms with Crippen molar-refractivity contribution in [1.29, 1.82) is 0 Å². The summed E-state index contributed by atoms with van der Waals surface area (Å²) in [5.41, 5.74) is 14.7. The largest absolute Gasteiger partial charge is 0.456 e. The molecular weight excluding hydrogens is 745 g/mol. The number of benzene rings is 9. The molecule has 9 aromatic carbocycles. The zero-order valence-electron chi connectivity index (χ0n) is 32.8. The Kier molecular flexibility index (Phi) is 7.24. The van der Waals surface area contributed by atoms with Gasteiger partial charge >= 0.3 is 0 Å². The van der Waals surface area contributed by atoms with Crippen molar-refractivity contribution < 1.29 is 4.42 Å². The molecule has 0 fully saturated rings. The zero-order chi connectivity index (χ0) is 40.0. The number of hydrogen-bond acceptors (Lipinski definition) is 3. The van der Waals surface area contributed by atoms with Crippen LogP contribution in [-0.2, 0) is 0 Å². The number of fused-ring (bicyclic) bond motifs is 10. The van der Waals surface area contributed by atoms with E-state index in [9.17, 15) is 0 Å². The molecule has 4 heterocycles. The van der Waals surface area contributed by atoms with Gasteiger partial charge in [-0.1, -0.05) is 127 Å². The second-order valence-corrected chi connectivity index (χ2v) is 15.7. The predicted molar refractivity (Wildman–Crippen MR) is 252 cm³/mol. The molecule has 0 amide bonds. The average molecular weight is 779 g/mol. The third kappa shape index (κ3) is 5.14. The number of nitrogens with zero attached hydrogens (tertiary/aromatic N) is 4. The fourth-order valence-corrected chi connectivity index (χ4v) is 9.58. The second kappa shape index (κ2) is 13.1. The van der Waals surface area contributed by atoms with Gasteiger partial charge in [-0.25, -0.2) is 9.97 Å². The number of aromatic nitrogens is 4. The molecule has 61 heavy (non-hydrogen) atoms. The van der Waals surface area contributed by atoms with Gasteiger partial charge in [-0.15, -0.1) is 0 Å². The Morgan fingerprint density at radius 2 is 0.918 bits per heavy atom. The van der Waals surface area contributed by atoms with Crippen LogP contribution in [0, 0.1) is 0 Å². The van der Waals surface area contributed by atoms with Crippen LogP contribution < -0.4 is 0 Å². The number of furan rings is 1. The lowest BCUT2D eigenvalue weighted by Gasteiger charge is -2.10. The Morgan fingerprint density at radius 3 is 1.66 bits per heavy atom. The molecule has 5 heteroatoms. The first-order valence-electron chi connectivity index (χ1n) is 20.7. The maximum absolute atomic E-state index is 6.54. The highest BCUT2D eigenvalue weighted by Crippen LogP contribution is 2.43. The fraction of sp³-hybridized carbons (Fsp3) is 0. The monoisotopic (exact) mass is 778 g/mol. The topological polar surface area (TPSA) is 48.8 Å². The Balaban J connectivity index is 1.04. The Hall–Kier alpha value is -8.28.